The van der Waals surface area contributed by atoms with Crippen molar-refractivity contribution < 1.29 is 0 Å². The molecule has 1 fully saturated rings. The average Bonchev–Trinajstić information content (AvgIpc) is 2.70. The summed E-state index contributed by atoms with van der Waals surface area (Å²) in [6.07, 6.45) is 16.4. The molecule has 90 valence electrons. The van der Waals surface area contributed by atoms with E-state index < -0.39 is 0 Å². The molecule has 0 radical (unpaired) electrons. The highest BCUT2D eigenvalue weighted by Crippen LogP contribution is 2.29. The molecule has 0 nitrogen and oxygen atoms in total. The van der Waals surface area contributed by atoms with Gasteiger partial charge in [0.25, 0.3) is 0 Å². The maximum Gasteiger partial charge on any atom is -0.0320 e. The van der Waals surface area contributed by atoms with Gasteiger partial charge in [-0.15, -0.1) is 0 Å². The molecule has 16 heavy (non-hydrogen) atoms. The molecule has 1 rings (SSSR count). The molecule has 0 aromatic carbocycles. The lowest BCUT2D eigenvalue weighted by molar-refractivity contribution is 0.483. The van der Waals surface area contributed by atoms with Gasteiger partial charge in [-0.1, -0.05) is 68.1 Å². The van der Waals surface area contributed by atoms with Gasteiger partial charge in [0.15, 0.2) is 0 Å². The third-order valence-corrected chi connectivity index (χ3v) is 3.42. The highest BCUT2D eigenvalue weighted by molar-refractivity contribution is 5.19. The third-order valence-electron chi connectivity index (χ3n) is 3.42. The molecule has 1 aliphatic carbocycles. The van der Waals surface area contributed by atoms with Crippen LogP contribution in [0.1, 0.15) is 58.8 Å². The minimum absolute atomic E-state index is 1.04. The third kappa shape index (κ3) is 5.95. The van der Waals surface area contributed by atoms with Gasteiger partial charge < -0.3 is 0 Å². The maximum absolute atomic E-state index is 3.85. The van der Waals surface area contributed by atoms with Crippen LogP contribution in [-0.4, -0.2) is 0 Å². The van der Waals surface area contributed by atoms with Crippen molar-refractivity contribution in [3.8, 4) is 0 Å². The average molecular weight is 218 g/mol. The molecule has 0 spiro atoms. The molecule has 0 bridgehead atoms. The van der Waals surface area contributed by atoms with Gasteiger partial charge in [0, 0.05) is 0 Å². The van der Waals surface area contributed by atoms with E-state index in [1.807, 2.05) is 6.92 Å². The second-order valence-electron chi connectivity index (χ2n) is 5.26. The monoisotopic (exact) mass is 218 g/mol. The predicted molar refractivity (Wildman–Crippen MR) is 73.5 cm³/mol. The molecule has 1 saturated carbocycles. The van der Waals surface area contributed by atoms with Crippen molar-refractivity contribution in [3.05, 3.63) is 36.0 Å². The van der Waals surface area contributed by atoms with E-state index in [-0.39, 0.29) is 0 Å². The van der Waals surface area contributed by atoms with Crippen LogP contribution in [0.2, 0.25) is 0 Å². The summed E-state index contributed by atoms with van der Waals surface area (Å²) in [4.78, 5) is 0. The Labute approximate surface area is 101 Å². The van der Waals surface area contributed by atoms with Crippen molar-refractivity contribution in [2.45, 2.75) is 58.8 Å². The van der Waals surface area contributed by atoms with E-state index >= 15 is 0 Å². The highest BCUT2D eigenvalue weighted by Gasteiger charge is 2.13. The smallest absolute Gasteiger partial charge is 0.0320 e. The van der Waals surface area contributed by atoms with Gasteiger partial charge in [-0.3, -0.25) is 0 Å². The van der Waals surface area contributed by atoms with Crippen LogP contribution in [-0.2, 0) is 0 Å². The molecule has 0 amide bonds. The molecule has 0 saturated heterocycles. The quantitative estimate of drug-likeness (QED) is 0.522. The molecule has 1 aliphatic rings. The van der Waals surface area contributed by atoms with E-state index in [0.29, 0.717) is 0 Å². The second-order valence-corrected chi connectivity index (χ2v) is 5.26. The van der Waals surface area contributed by atoms with Crippen LogP contribution >= 0.6 is 0 Å². The molecule has 0 heteroatoms. The lowest BCUT2D eigenvalue weighted by Crippen LogP contribution is -1.92. The molecule has 0 aromatic rings. The first-order valence-electron chi connectivity index (χ1n) is 6.68. The van der Waals surface area contributed by atoms with Gasteiger partial charge in [0.2, 0.25) is 0 Å². The summed E-state index contributed by atoms with van der Waals surface area (Å²) >= 11 is 0. The zero-order valence-electron chi connectivity index (χ0n) is 11.0. The largest absolute Gasteiger partial charge is 0.0961 e. The second kappa shape index (κ2) is 7.49. The van der Waals surface area contributed by atoms with Crippen LogP contribution in [0, 0.1) is 5.92 Å². The first-order chi connectivity index (χ1) is 7.68. The fourth-order valence-electron chi connectivity index (χ4n) is 2.43. The summed E-state index contributed by atoms with van der Waals surface area (Å²) < 4.78 is 0. The molecule has 0 unspecified atom stereocenters. The van der Waals surface area contributed by atoms with Crippen LogP contribution < -0.4 is 0 Å². The van der Waals surface area contributed by atoms with Crippen molar-refractivity contribution in [2.75, 3.05) is 0 Å². The van der Waals surface area contributed by atoms with Crippen molar-refractivity contribution in [1.29, 1.82) is 0 Å². The van der Waals surface area contributed by atoms with Crippen LogP contribution in [0.5, 0.6) is 0 Å². The summed E-state index contributed by atoms with van der Waals surface area (Å²) in [6.45, 7) is 8.11. The normalized spacial score (nSPS) is 18.5. The lowest BCUT2D eigenvalue weighted by Gasteiger charge is -2.07. The SMILES string of the molecule is C=C(C)/C=C\C=C(/C)CCCC1CCCC1. The van der Waals surface area contributed by atoms with Gasteiger partial charge >= 0.3 is 0 Å². The summed E-state index contributed by atoms with van der Waals surface area (Å²) in [5.41, 5.74) is 2.62. The lowest BCUT2D eigenvalue weighted by atomic mass is 9.99. The molecular weight excluding hydrogens is 192 g/mol. The van der Waals surface area contributed by atoms with Crippen molar-refractivity contribution in [1.82, 2.24) is 0 Å². The van der Waals surface area contributed by atoms with Crippen LogP contribution in [0.4, 0.5) is 0 Å². The Kier molecular flexibility index (Phi) is 6.22. The van der Waals surface area contributed by atoms with Crippen molar-refractivity contribution >= 4 is 0 Å². The van der Waals surface area contributed by atoms with E-state index in [1.165, 1.54) is 50.5 Å². The summed E-state index contributed by atoms with van der Waals surface area (Å²) in [5.74, 6) is 1.04. The van der Waals surface area contributed by atoms with E-state index in [9.17, 15) is 0 Å². The van der Waals surface area contributed by atoms with Gasteiger partial charge in [-0.05, 0) is 32.6 Å². The van der Waals surface area contributed by atoms with E-state index in [2.05, 4.69) is 31.7 Å². The van der Waals surface area contributed by atoms with E-state index in [4.69, 9.17) is 0 Å². The minimum Gasteiger partial charge on any atom is -0.0961 e. The number of allylic oxidation sites excluding steroid dienone is 5. The Bertz CT molecular complexity index is 262. The molecule has 0 N–H and O–H groups in total. The molecule has 0 atom stereocenters. The Morgan fingerprint density at radius 2 is 1.94 bits per heavy atom. The Hall–Kier alpha value is -0.780. The summed E-state index contributed by atoms with van der Waals surface area (Å²) in [6, 6.07) is 0. The first kappa shape index (κ1) is 13.3. The summed E-state index contributed by atoms with van der Waals surface area (Å²) in [7, 11) is 0. The molecule has 0 aromatic heterocycles. The number of hydrogen-bond acceptors (Lipinski definition) is 0. The van der Waals surface area contributed by atoms with Gasteiger partial charge in [0.05, 0.1) is 0 Å². The van der Waals surface area contributed by atoms with Crippen molar-refractivity contribution in [3.63, 3.8) is 0 Å². The van der Waals surface area contributed by atoms with Crippen LogP contribution in [0.15, 0.2) is 36.0 Å². The van der Waals surface area contributed by atoms with Crippen molar-refractivity contribution in [2.24, 2.45) is 5.92 Å². The molecule has 0 heterocycles. The standard InChI is InChI=1S/C16H26/c1-14(2)8-6-9-15(3)10-7-13-16-11-4-5-12-16/h6,8-9,16H,1,4-5,7,10-13H2,2-3H3/b8-6-,15-9+. The maximum atomic E-state index is 3.85. The Balaban J connectivity index is 2.13. The predicted octanol–water partition coefficient (Wildman–Crippen LogP) is 5.43. The van der Waals surface area contributed by atoms with Crippen LogP contribution in [0.25, 0.3) is 0 Å². The van der Waals surface area contributed by atoms with Crippen LogP contribution in [0.3, 0.4) is 0 Å². The first-order valence-corrected chi connectivity index (χ1v) is 6.68. The highest BCUT2D eigenvalue weighted by atomic mass is 14.2. The van der Waals surface area contributed by atoms with E-state index in [0.717, 1.165) is 11.5 Å². The van der Waals surface area contributed by atoms with Gasteiger partial charge in [-0.2, -0.15) is 0 Å². The molecule has 0 aliphatic heterocycles. The topological polar surface area (TPSA) is 0 Å². The Morgan fingerprint density at radius 1 is 1.25 bits per heavy atom. The fraction of sp³-hybridized carbons (Fsp3) is 0.625. The fourth-order valence-corrected chi connectivity index (χ4v) is 2.43. The minimum atomic E-state index is 1.04. The van der Waals surface area contributed by atoms with E-state index in [1.54, 1.807) is 0 Å². The molecular formula is C16H26. The number of rotatable bonds is 6. The van der Waals surface area contributed by atoms with Gasteiger partial charge in [-0.25, -0.2) is 0 Å². The Morgan fingerprint density at radius 3 is 2.56 bits per heavy atom. The zero-order valence-corrected chi connectivity index (χ0v) is 11.0. The zero-order chi connectivity index (χ0) is 11.8. The summed E-state index contributed by atoms with van der Waals surface area (Å²) in [5, 5.41) is 0. The number of hydrogen-bond donors (Lipinski definition) is 0. The van der Waals surface area contributed by atoms with Gasteiger partial charge in [0.1, 0.15) is 0 Å².